The van der Waals surface area contributed by atoms with E-state index in [9.17, 15) is 5.11 Å². The van der Waals surface area contributed by atoms with E-state index < -0.39 is 0 Å². The number of aryl methyl sites for hydroxylation is 2. The van der Waals surface area contributed by atoms with Gasteiger partial charge < -0.3 is 5.11 Å². The summed E-state index contributed by atoms with van der Waals surface area (Å²) in [5, 5.41) is 15.0. The Morgan fingerprint density at radius 3 is 2.70 bits per heavy atom. The molecule has 0 spiro atoms. The molecule has 1 aromatic rings. The molecule has 20 heavy (non-hydrogen) atoms. The molecule has 3 atom stereocenters. The van der Waals surface area contributed by atoms with Crippen molar-refractivity contribution in [2.75, 3.05) is 0 Å². The van der Waals surface area contributed by atoms with Gasteiger partial charge in [-0.2, -0.15) is 5.10 Å². The van der Waals surface area contributed by atoms with Gasteiger partial charge in [0.2, 0.25) is 0 Å². The van der Waals surface area contributed by atoms with Crippen LogP contribution in [0, 0.1) is 24.2 Å². The average molecular weight is 278 g/mol. The first-order valence-electron chi connectivity index (χ1n) is 8.05. The molecule has 1 fully saturated rings. The van der Waals surface area contributed by atoms with Crippen molar-refractivity contribution in [1.82, 2.24) is 9.78 Å². The first-order valence-corrected chi connectivity index (χ1v) is 8.05. The average Bonchev–Trinajstić information content (AvgIpc) is 2.67. The fourth-order valence-corrected chi connectivity index (χ4v) is 3.88. The Labute approximate surface area is 123 Å². The smallest absolute Gasteiger partial charge is 0.0596 e. The van der Waals surface area contributed by atoms with Crippen LogP contribution in [0.3, 0.4) is 0 Å². The quantitative estimate of drug-likeness (QED) is 0.914. The van der Waals surface area contributed by atoms with E-state index >= 15 is 0 Å². The van der Waals surface area contributed by atoms with Gasteiger partial charge in [0, 0.05) is 12.2 Å². The Bertz CT molecular complexity index is 450. The van der Waals surface area contributed by atoms with Crippen molar-refractivity contribution >= 4 is 0 Å². The molecule has 0 amide bonds. The Morgan fingerprint density at radius 2 is 2.10 bits per heavy atom. The number of aliphatic hydroxyl groups is 1. The highest BCUT2D eigenvalue weighted by molar-refractivity contribution is 5.11. The van der Waals surface area contributed by atoms with Gasteiger partial charge in [0.15, 0.2) is 0 Å². The van der Waals surface area contributed by atoms with E-state index in [0.717, 1.165) is 31.5 Å². The van der Waals surface area contributed by atoms with Crippen molar-refractivity contribution in [3.63, 3.8) is 0 Å². The van der Waals surface area contributed by atoms with Gasteiger partial charge in [-0.3, -0.25) is 4.68 Å². The summed E-state index contributed by atoms with van der Waals surface area (Å²) < 4.78 is 2.11. The molecule has 1 aliphatic carbocycles. The fraction of sp³-hybridized carbons (Fsp3) is 0.824. The lowest BCUT2D eigenvalue weighted by Crippen LogP contribution is -2.40. The monoisotopic (exact) mass is 278 g/mol. The summed E-state index contributed by atoms with van der Waals surface area (Å²) in [6.45, 7) is 12.0. The summed E-state index contributed by atoms with van der Waals surface area (Å²) in [6, 6.07) is 2.20. The van der Waals surface area contributed by atoms with Crippen LogP contribution in [0.25, 0.3) is 0 Å². The van der Waals surface area contributed by atoms with E-state index in [2.05, 4.69) is 50.5 Å². The summed E-state index contributed by atoms with van der Waals surface area (Å²) in [7, 11) is 0. The lowest BCUT2D eigenvalue weighted by Gasteiger charge is -2.42. The minimum absolute atomic E-state index is 0.124. The van der Waals surface area contributed by atoms with Crippen LogP contribution in [0.4, 0.5) is 0 Å². The molecular formula is C17H30N2O. The summed E-state index contributed by atoms with van der Waals surface area (Å²) in [5.41, 5.74) is 2.52. The Morgan fingerprint density at radius 1 is 1.40 bits per heavy atom. The van der Waals surface area contributed by atoms with Crippen LogP contribution in [0.2, 0.25) is 0 Å². The van der Waals surface area contributed by atoms with E-state index in [1.54, 1.807) is 0 Å². The molecule has 1 aromatic heterocycles. The molecule has 0 aromatic carbocycles. The van der Waals surface area contributed by atoms with E-state index in [-0.39, 0.29) is 11.5 Å². The second-order valence-corrected chi connectivity index (χ2v) is 7.35. The summed E-state index contributed by atoms with van der Waals surface area (Å²) >= 11 is 0. The minimum atomic E-state index is -0.146. The van der Waals surface area contributed by atoms with Gasteiger partial charge in [0.1, 0.15) is 0 Å². The predicted octanol–water partition coefficient (Wildman–Crippen LogP) is 3.58. The van der Waals surface area contributed by atoms with Crippen LogP contribution < -0.4 is 0 Å². The van der Waals surface area contributed by atoms with Gasteiger partial charge >= 0.3 is 0 Å². The van der Waals surface area contributed by atoms with Crippen LogP contribution in [0.1, 0.15) is 58.3 Å². The Hall–Kier alpha value is -0.830. The minimum Gasteiger partial charge on any atom is -0.393 e. The van der Waals surface area contributed by atoms with Crippen molar-refractivity contribution < 1.29 is 5.11 Å². The third-order valence-electron chi connectivity index (χ3n) is 5.00. The number of aromatic nitrogens is 2. The van der Waals surface area contributed by atoms with Gasteiger partial charge in [-0.1, -0.05) is 27.2 Å². The zero-order chi connectivity index (χ0) is 14.9. The maximum atomic E-state index is 10.5. The number of hydrogen-bond acceptors (Lipinski definition) is 2. The maximum Gasteiger partial charge on any atom is 0.0596 e. The summed E-state index contributed by atoms with van der Waals surface area (Å²) in [6.07, 6.45) is 4.21. The van der Waals surface area contributed by atoms with Crippen molar-refractivity contribution in [2.24, 2.45) is 17.3 Å². The molecule has 3 nitrogen and oxygen atoms in total. The molecule has 2 rings (SSSR count). The van der Waals surface area contributed by atoms with E-state index in [1.165, 1.54) is 12.1 Å². The SMILES string of the molecule is CCn1nc(C)cc1CC(C)(C)C1CCC(C)CC1O. The van der Waals surface area contributed by atoms with Crippen molar-refractivity contribution in [3.8, 4) is 0 Å². The van der Waals surface area contributed by atoms with Gasteiger partial charge in [-0.15, -0.1) is 0 Å². The van der Waals surface area contributed by atoms with Gasteiger partial charge in [0.25, 0.3) is 0 Å². The lowest BCUT2D eigenvalue weighted by atomic mass is 9.65. The highest BCUT2D eigenvalue weighted by Gasteiger charge is 2.38. The molecular weight excluding hydrogens is 248 g/mol. The van der Waals surface area contributed by atoms with Gasteiger partial charge in [-0.05, 0) is 56.4 Å². The second-order valence-electron chi connectivity index (χ2n) is 7.35. The van der Waals surface area contributed by atoms with Gasteiger partial charge in [0.05, 0.1) is 11.8 Å². The molecule has 1 heterocycles. The number of aliphatic hydroxyl groups excluding tert-OH is 1. The standard InChI is InChI=1S/C17H30N2O/c1-6-19-14(10-13(3)18-19)11-17(4,5)15-8-7-12(2)9-16(15)20/h10,12,15-16,20H,6-9,11H2,1-5H3. The molecule has 0 radical (unpaired) electrons. The molecule has 114 valence electrons. The van der Waals surface area contributed by atoms with Crippen molar-refractivity contribution in [1.29, 1.82) is 0 Å². The molecule has 0 aliphatic heterocycles. The first-order chi connectivity index (χ1) is 9.33. The molecule has 0 saturated heterocycles. The number of hydrogen-bond donors (Lipinski definition) is 1. The Kier molecular flexibility index (Phi) is 4.58. The largest absolute Gasteiger partial charge is 0.393 e. The highest BCUT2D eigenvalue weighted by Crippen LogP contribution is 2.42. The molecule has 0 bridgehead atoms. The molecule has 3 unspecified atom stereocenters. The second kappa shape index (κ2) is 5.88. The van der Waals surface area contributed by atoms with Crippen LogP contribution in [-0.4, -0.2) is 21.0 Å². The van der Waals surface area contributed by atoms with E-state index in [0.29, 0.717) is 11.8 Å². The summed E-state index contributed by atoms with van der Waals surface area (Å²) in [4.78, 5) is 0. The molecule has 1 N–H and O–H groups in total. The van der Waals surface area contributed by atoms with Crippen molar-refractivity contribution in [2.45, 2.75) is 73.0 Å². The van der Waals surface area contributed by atoms with Crippen LogP contribution in [-0.2, 0) is 13.0 Å². The molecule has 3 heteroatoms. The zero-order valence-electron chi connectivity index (χ0n) is 13.7. The van der Waals surface area contributed by atoms with E-state index in [1.807, 2.05) is 0 Å². The molecule has 1 aliphatic rings. The Balaban J connectivity index is 2.13. The third-order valence-corrected chi connectivity index (χ3v) is 5.00. The van der Waals surface area contributed by atoms with Crippen LogP contribution >= 0.6 is 0 Å². The van der Waals surface area contributed by atoms with Crippen LogP contribution in [0.5, 0.6) is 0 Å². The third kappa shape index (κ3) is 3.25. The maximum absolute atomic E-state index is 10.5. The molecule has 1 saturated carbocycles. The summed E-state index contributed by atoms with van der Waals surface area (Å²) in [5.74, 6) is 1.07. The topological polar surface area (TPSA) is 38.0 Å². The lowest BCUT2D eigenvalue weighted by molar-refractivity contribution is -0.0132. The van der Waals surface area contributed by atoms with Gasteiger partial charge in [-0.25, -0.2) is 0 Å². The predicted molar refractivity (Wildman–Crippen MR) is 82.6 cm³/mol. The highest BCUT2D eigenvalue weighted by atomic mass is 16.3. The fourth-order valence-electron chi connectivity index (χ4n) is 3.88. The zero-order valence-corrected chi connectivity index (χ0v) is 13.7. The normalized spacial score (nSPS) is 27.8. The van der Waals surface area contributed by atoms with E-state index in [4.69, 9.17) is 0 Å². The van der Waals surface area contributed by atoms with Crippen LogP contribution in [0.15, 0.2) is 6.07 Å². The first kappa shape index (κ1) is 15.6. The number of rotatable bonds is 4. The van der Waals surface area contributed by atoms with Crippen molar-refractivity contribution in [3.05, 3.63) is 17.5 Å². The number of nitrogens with zero attached hydrogens (tertiary/aromatic N) is 2.